The van der Waals surface area contributed by atoms with Gasteiger partial charge in [0.1, 0.15) is 5.75 Å². The molecule has 24 heavy (non-hydrogen) atoms. The van der Waals surface area contributed by atoms with Crippen LogP contribution in [0.1, 0.15) is 12.0 Å². The molecule has 5 heteroatoms. The van der Waals surface area contributed by atoms with Crippen LogP contribution < -0.4 is 15.0 Å². The van der Waals surface area contributed by atoms with Crippen molar-refractivity contribution < 1.29 is 9.53 Å². The van der Waals surface area contributed by atoms with E-state index in [1.807, 2.05) is 12.1 Å². The summed E-state index contributed by atoms with van der Waals surface area (Å²) < 4.78 is 5.38. The number of nitrogens with zero attached hydrogens (tertiary/aromatic N) is 1. The number of carbonyl (C=O) groups is 1. The molecule has 1 amide bonds. The smallest absolute Gasteiger partial charge is 0.410 e. The van der Waals surface area contributed by atoms with E-state index in [-0.39, 0.29) is 0 Å². The van der Waals surface area contributed by atoms with Gasteiger partial charge in [-0.3, -0.25) is 5.32 Å². The molecule has 0 atom stereocenters. The lowest BCUT2D eigenvalue weighted by atomic mass is 10.0. The van der Waals surface area contributed by atoms with Gasteiger partial charge in [0.15, 0.2) is 0 Å². The first-order valence-electron chi connectivity index (χ1n) is 7.71. The molecule has 3 rings (SSSR count). The zero-order valence-corrected chi connectivity index (χ0v) is 13.8. The van der Waals surface area contributed by atoms with Crippen LogP contribution in [0.5, 0.6) is 5.75 Å². The van der Waals surface area contributed by atoms with Crippen LogP contribution in [0.3, 0.4) is 0 Å². The first-order valence-corrected chi connectivity index (χ1v) is 8.09. The van der Waals surface area contributed by atoms with Crippen molar-refractivity contribution >= 4 is 29.1 Å². The van der Waals surface area contributed by atoms with E-state index in [9.17, 15) is 4.79 Å². The van der Waals surface area contributed by atoms with Crippen molar-refractivity contribution in [2.75, 3.05) is 23.3 Å². The van der Waals surface area contributed by atoms with E-state index in [4.69, 9.17) is 22.8 Å². The summed E-state index contributed by atoms with van der Waals surface area (Å²) in [6, 6.07) is 12.5. The summed E-state index contributed by atoms with van der Waals surface area (Å²) in [5.41, 5.74) is 2.88. The van der Waals surface area contributed by atoms with E-state index < -0.39 is 6.09 Å². The Kier molecular flexibility index (Phi) is 4.93. The summed E-state index contributed by atoms with van der Waals surface area (Å²) in [7, 11) is 0. The van der Waals surface area contributed by atoms with E-state index >= 15 is 0 Å². The summed E-state index contributed by atoms with van der Waals surface area (Å²) in [4.78, 5) is 14.2. The van der Waals surface area contributed by atoms with Crippen LogP contribution in [-0.4, -0.2) is 19.2 Å². The second kappa shape index (κ2) is 7.29. The van der Waals surface area contributed by atoms with Gasteiger partial charge < -0.3 is 9.64 Å². The van der Waals surface area contributed by atoms with Gasteiger partial charge in [-0.25, -0.2) is 4.79 Å². The maximum absolute atomic E-state index is 12.0. The molecule has 1 heterocycles. The molecular weight excluding hydrogens is 324 g/mol. The number of fused-ring (bicyclic) bond motifs is 1. The third-order valence-electron chi connectivity index (χ3n) is 3.85. The van der Waals surface area contributed by atoms with Crippen molar-refractivity contribution in [3.05, 3.63) is 53.1 Å². The summed E-state index contributed by atoms with van der Waals surface area (Å²) in [6.07, 6.45) is 6.97. The van der Waals surface area contributed by atoms with Crippen LogP contribution in [0, 0.1) is 12.3 Å². The Morgan fingerprint density at radius 1 is 1.29 bits per heavy atom. The standard InChI is InChI=1S/C19H17ClN2O2/c1-2-11-22-12-3-4-14-5-10-17(13-18(14)22)24-19(23)21-16-8-6-15(20)7-9-16/h1,5-10,13H,3-4,11-12H2,(H,21,23). The quantitative estimate of drug-likeness (QED) is 0.845. The third kappa shape index (κ3) is 3.81. The molecule has 0 unspecified atom stereocenters. The number of aryl methyl sites for hydroxylation is 1. The summed E-state index contributed by atoms with van der Waals surface area (Å²) in [5, 5.41) is 3.28. The Morgan fingerprint density at radius 2 is 2.08 bits per heavy atom. The zero-order chi connectivity index (χ0) is 16.9. The van der Waals surface area contributed by atoms with E-state index in [1.165, 1.54) is 5.56 Å². The molecular formula is C19H17ClN2O2. The second-order valence-electron chi connectivity index (χ2n) is 5.54. The van der Waals surface area contributed by atoms with Crippen molar-refractivity contribution in [1.29, 1.82) is 0 Å². The van der Waals surface area contributed by atoms with E-state index in [1.54, 1.807) is 30.3 Å². The molecule has 122 valence electrons. The molecule has 0 saturated carbocycles. The lowest BCUT2D eigenvalue weighted by molar-refractivity contribution is 0.215. The fraction of sp³-hybridized carbons (Fsp3) is 0.211. The number of amides is 1. The minimum Gasteiger partial charge on any atom is -0.410 e. The van der Waals surface area contributed by atoms with Gasteiger partial charge in [-0.1, -0.05) is 23.6 Å². The number of halogens is 1. The largest absolute Gasteiger partial charge is 0.417 e. The van der Waals surface area contributed by atoms with Gasteiger partial charge in [0.05, 0.1) is 6.54 Å². The summed E-state index contributed by atoms with van der Waals surface area (Å²) in [5.74, 6) is 3.16. The van der Waals surface area contributed by atoms with Gasteiger partial charge >= 0.3 is 6.09 Å². The molecule has 0 aliphatic carbocycles. The first-order chi connectivity index (χ1) is 11.7. The Hall–Kier alpha value is -2.64. The lowest BCUT2D eigenvalue weighted by Gasteiger charge is -2.29. The van der Waals surface area contributed by atoms with Crippen LogP contribution in [0.4, 0.5) is 16.2 Å². The normalized spacial score (nSPS) is 12.9. The van der Waals surface area contributed by atoms with Gasteiger partial charge in [0, 0.05) is 29.0 Å². The monoisotopic (exact) mass is 340 g/mol. The van der Waals surface area contributed by atoms with Crippen molar-refractivity contribution in [1.82, 2.24) is 0 Å². The maximum atomic E-state index is 12.0. The minimum atomic E-state index is -0.545. The van der Waals surface area contributed by atoms with Crippen molar-refractivity contribution in [2.24, 2.45) is 0 Å². The highest BCUT2D eigenvalue weighted by molar-refractivity contribution is 6.30. The number of terminal acetylenes is 1. The number of rotatable bonds is 3. The second-order valence-corrected chi connectivity index (χ2v) is 5.98. The highest BCUT2D eigenvalue weighted by atomic mass is 35.5. The van der Waals surface area contributed by atoms with E-state index in [0.29, 0.717) is 23.0 Å². The van der Waals surface area contributed by atoms with Gasteiger partial charge in [-0.2, -0.15) is 0 Å². The van der Waals surface area contributed by atoms with Crippen LogP contribution in [0.2, 0.25) is 5.02 Å². The topological polar surface area (TPSA) is 41.6 Å². The van der Waals surface area contributed by atoms with Crippen LogP contribution >= 0.6 is 11.6 Å². The van der Waals surface area contributed by atoms with Crippen molar-refractivity contribution in [2.45, 2.75) is 12.8 Å². The Balaban J connectivity index is 1.71. The molecule has 0 aromatic heterocycles. The van der Waals surface area contributed by atoms with Crippen LogP contribution in [-0.2, 0) is 6.42 Å². The molecule has 1 N–H and O–H groups in total. The number of hydrogen-bond donors (Lipinski definition) is 1. The Morgan fingerprint density at radius 3 is 2.83 bits per heavy atom. The van der Waals surface area contributed by atoms with E-state index in [2.05, 4.69) is 16.1 Å². The predicted octanol–water partition coefficient (Wildman–Crippen LogP) is 4.34. The molecule has 0 fully saturated rings. The average molecular weight is 341 g/mol. The van der Waals surface area contributed by atoms with Gasteiger partial charge in [0.2, 0.25) is 0 Å². The number of anilines is 2. The Bertz CT molecular complexity index is 781. The van der Waals surface area contributed by atoms with Gasteiger partial charge in [-0.05, 0) is 48.7 Å². The van der Waals surface area contributed by atoms with Crippen LogP contribution in [0.15, 0.2) is 42.5 Å². The van der Waals surface area contributed by atoms with Gasteiger partial charge in [-0.15, -0.1) is 6.42 Å². The Labute approximate surface area is 146 Å². The fourth-order valence-corrected chi connectivity index (χ4v) is 2.88. The molecule has 2 aromatic rings. The van der Waals surface area contributed by atoms with Gasteiger partial charge in [0.25, 0.3) is 0 Å². The lowest BCUT2D eigenvalue weighted by Crippen LogP contribution is -2.29. The summed E-state index contributed by atoms with van der Waals surface area (Å²) in [6.45, 7) is 1.46. The number of hydrogen-bond acceptors (Lipinski definition) is 3. The fourth-order valence-electron chi connectivity index (χ4n) is 2.75. The van der Waals surface area contributed by atoms with Crippen LogP contribution in [0.25, 0.3) is 0 Å². The number of carbonyl (C=O) groups excluding carboxylic acids is 1. The molecule has 0 spiro atoms. The number of nitrogens with one attached hydrogen (secondary N) is 1. The molecule has 0 radical (unpaired) electrons. The highest BCUT2D eigenvalue weighted by Gasteiger charge is 2.17. The third-order valence-corrected chi connectivity index (χ3v) is 4.11. The highest BCUT2D eigenvalue weighted by Crippen LogP contribution is 2.31. The number of ether oxygens (including phenoxy) is 1. The molecule has 0 saturated heterocycles. The molecule has 0 bridgehead atoms. The SMILES string of the molecule is C#CCN1CCCc2ccc(OC(=O)Nc3ccc(Cl)cc3)cc21. The zero-order valence-electron chi connectivity index (χ0n) is 13.1. The van der Waals surface area contributed by atoms with Crippen molar-refractivity contribution in [3.8, 4) is 18.1 Å². The summed E-state index contributed by atoms with van der Waals surface area (Å²) >= 11 is 5.82. The molecule has 1 aliphatic rings. The molecule has 2 aromatic carbocycles. The average Bonchev–Trinajstić information content (AvgIpc) is 2.58. The molecule has 4 nitrogen and oxygen atoms in total. The number of benzene rings is 2. The predicted molar refractivity (Wildman–Crippen MR) is 96.9 cm³/mol. The minimum absolute atomic E-state index is 0.490. The van der Waals surface area contributed by atoms with E-state index in [0.717, 1.165) is 25.1 Å². The van der Waals surface area contributed by atoms with Crippen molar-refractivity contribution in [3.63, 3.8) is 0 Å². The maximum Gasteiger partial charge on any atom is 0.417 e. The first kappa shape index (κ1) is 16.2. The molecule has 1 aliphatic heterocycles.